The van der Waals surface area contributed by atoms with E-state index in [4.69, 9.17) is 5.73 Å². The predicted molar refractivity (Wildman–Crippen MR) is 121 cm³/mol. The molecule has 2 heterocycles. The van der Waals surface area contributed by atoms with E-state index in [2.05, 4.69) is 21.4 Å². The van der Waals surface area contributed by atoms with Gasteiger partial charge < -0.3 is 16.0 Å². The van der Waals surface area contributed by atoms with E-state index in [0.29, 0.717) is 21.8 Å². The molecule has 0 aliphatic carbocycles. The van der Waals surface area contributed by atoms with Gasteiger partial charge in [-0.15, -0.1) is 0 Å². The van der Waals surface area contributed by atoms with Crippen LogP contribution in [-0.4, -0.2) is 21.6 Å². The summed E-state index contributed by atoms with van der Waals surface area (Å²) in [7, 11) is 0. The zero-order valence-electron chi connectivity index (χ0n) is 16.2. The van der Waals surface area contributed by atoms with Crippen molar-refractivity contribution in [2.75, 3.05) is 16.8 Å². The smallest absolute Gasteiger partial charge is 0.234 e. The van der Waals surface area contributed by atoms with Crippen LogP contribution in [0.25, 0.3) is 22.0 Å². The standard InChI is InChI=1S/C23H16N6OS/c24-11-17-21(15-4-2-1-3-5-15)18(12-25)23(29-22(17)26)31-13-20(30)28-16-7-6-14-8-9-27-19(14)10-16/h1-10,27H,13H2,(H2,26,29)(H,28,30). The fourth-order valence-corrected chi connectivity index (χ4v) is 4.05. The molecule has 31 heavy (non-hydrogen) atoms. The minimum Gasteiger partial charge on any atom is -0.383 e. The highest BCUT2D eigenvalue weighted by atomic mass is 32.2. The molecule has 2 aromatic carbocycles. The molecule has 0 spiro atoms. The monoisotopic (exact) mass is 424 g/mol. The fourth-order valence-electron chi connectivity index (χ4n) is 3.25. The lowest BCUT2D eigenvalue weighted by molar-refractivity contribution is -0.113. The third-order valence-corrected chi connectivity index (χ3v) is 5.63. The molecule has 0 saturated carbocycles. The maximum atomic E-state index is 12.5. The van der Waals surface area contributed by atoms with E-state index in [-0.39, 0.29) is 28.6 Å². The van der Waals surface area contributed by atoms with Gasteiger partial charge in [0.1, 0.15) is 28.5 Å². The van der Waals surface area contributed by atoms with Crippen LogP contribution in [-0.2, 0) is 4.79 Å². The number of hydrogen-bond donors (Lipinski definition) is 3. The molecule has 0 fully saturated rings. The summed E-state index contributed by atoms with van der Waals surface area (Å²) in [6.07, 6.45) is 1.83. The van der Waals surface area contributed by atoms with Gasteiger partial charge >= 0.3 is 0 Å². The van der Waals surface area contributed by atoms with Crippen molar-refractivity contribution in [2.24, 2.45) is 0 Å². The van der Waals surface area contributed by atoms with Gasteiger partial charge in [0.2, 0.25) is 5.91 Å². The first-order chi connectivity index (χ1) is 15.1. The summed E-state index contributed by atoms with van der Waals surface area (Å²) in [5.74, 6) is -0.185. The van der Waals surface area contributed by atoms with Crippen molar-refractivity contribution in [3.63, 3.8) is 0 Å². The minimum atomic E-state index is -0.245. The van der Waals surface area contributed by atoms with Crippen molar-refractivity contribution in [1.82, 2.24) is 9.97 Å². The predicted octanol–water partition coefficient (Wildman–Crippen LogP) is 4.29. The Morgan fingerprint density at radius 3 is 2.61 bits per heavy atom. The van der Waals surface area contributed by atoms with Crippen LogP contribution in [0.15, 0.2) is 65.8 Å². The number of nitrogens with two attached hydrogens (primary N) is 1. The van der Waals surface area contributed by atoms with Crippen LogP contribution in [0.2, 0.25) is 0 Å². The molecule has 7 nitrogen and oxygen atoms in total. The van der Waals surface area contributed by atoms with Gasteiger partial charge in [-0.05, 0) is 29.1 Å². The Morgan fingerprint density at radius 1 is 1.10 bits per heavy atom. The highest BCUT2D eigenvalue weighted by Crippen LogP contribution is 2.35. The summed E-state index contributed by atoms with van der Waals surface area (Å²) in [6.45, 7) is 0. The number of H-pyrrole nitrogens is 1. The van der Waals surface area contributed by atoms with Crippen LogP contribution in [0, 0.1) is 22.7 Å². The Balaban J connectivity index is 1.59. The Morgan fingerprint density at radius 2 is 1.87 bits per heavy atom. The Hall–Kier alpha value is -4.27. The summed E-state index contributed by atoms with van der Waals surface area (Å²) >= 11 is 1.10. The van der Waals surface area contributed by atoms with Gasteiger partial charge in [0.25, 0.3) is 0 Å². The highest BCUT2D eigenvalue weighted by Gasteiger charge is 2.21. The number of nitrogens with zero attached hydrogens (tertiary/aromatic N) is 3. The number of amides is 1. The van der Waals surface area contributed by atoms with E-state index in [9.17, 15) is 15.3 Å². The van der Waals surface area contributed by atoms with Crippen LogP contribution in [0.5, 0.6) is 0 Å². The van der Waals surface area contributed by atoms with Gasteiger partial charge in [-0.1, -0.05) is 48.2 Å². The van der Waals surface area contributed by atoms with Gasteiger partial charge in [-0.3, -0.25) is 4.79 Å². The molecule has 150 valence electrons. The first-order valence-electron chi connectivity index (χ1n) is 9.29. The average Bonchev–Trinajstić information content (AvgIpc) is 3.25. The molecule has 4 aromatic rings. The summed E-state index contributed by atoms with van der Waals surface area (Å²) < 4.78 is 0. The number of nitrogens with one attached hydrogen (secondary N) is 2. The van der Waals surface area contributed by atoms with Crippen molar-refractivity contribution >= 4 is 40.1 Å². The molecule has 0 atom stereocenters. The van der Waals surface area contributed by atoms with Crippen molar-refractivity contribution in [2.45, 2.75) is 5.03 Å². The minimum absolute atomic E-state index is 0.0282. The van der Waals surface area contributed by atoms with Crippen LogP contribution >= 0.6 is 11.8 Å². The number of aromatic nitrogens is 2. The van der Waals surface area contributed by atoms with Crippen LogP contribution in [0.1, 0.15) is 11.1 Å². The van der Waals surface area contributed by atoms with Gasteiger partial charge in [0, 0.05) is 23.0 Å². The summed E-state index contributed by atoms with van der Waals surface area (Å²) in [5.41, 5.74) is 9.09. The Bertz CT molecular complexity index is 1360. The lowest BCUT2D eigenvalue weighted by Crippen LogP contribution is -2.14. The van der Waals surface area contributed by atoms with E-state index in [1.807, 2.05) is 54.7 Å². The number of thioether (sulfide) groups is 1. The molecule has 1 amide bonds. The summed E-state index contributed by atoms with van der Waals surface area (Å²) in [4.78, 5) is 19.8. The highest BCUT2D eigenvalue weighted by molar-refractivity contribution is 8.00. The van der Waals surface area contributed by atoms with Crippen molar-refractivity contribution < 1.29 is 4.79 Å². The van der Waals surface area contributed by atoms with Crippen LogP contribution < -0.4 is 11.1 Å². The number of fused-ring (bicyclic) bond motifs is 1. The Labute approximate surface area is 182 Å². The first-order valence-corrected chi connectivity index (χ1v) is 10.3. The molecule has 2 aromatic heterocycles. The second-order valence-electron chi connectivity index (χ2n) is 6.63. The third kappa shape index (κ3) is 4.06. The number of hydrogen-bond acceptors (Lipinski definition) is 6. The lowest BCUT2D eigenvalue weighted by Gasteiger charge is -2.13. The molecule has 0 unspecified atom stereocenters. The molecular weight excluding hydrogens is 408 g/mol. The molecule has 4 rings (SSSR count). The van der Waals surface area contributed by atoms with E-state index in [1.165, 1.54) is 0 Å². The van der Waals surface area contributed by atoms with Gasteiger partial charge in [-0.25, -0.2) is 4.98 Å². The molecule has 4 N–H and O–H groups in total. The number of anilines is 2. The number of carbonyl (C=O) groups excluding carboxylic acids is 1. The van der Waals surface area contributed by atoms with E-state index >= 15 is 0 Å². The van der Waals surface area contributed by atoms with E-state index < -0.39 is 0 Å². The van der Waals surface area contributed by atoms with Gasteiger partial charge in [-0.2, -0.15) is 10.5 Å². The van der Waals surface area contributed by atoms with Crippen LogP contribution in [0.3, 0.4) is 0 Å². The molecule has 8 heteroatoms. The van der Waals surface area contributed by atoms with E-state index in [1.54, 1.807) is 12.1 Å². The topological polar surface area (TPSA) is 131 Å². The van der Waals surface area contributed by atoms with Crippen molar-refractivity contribution in [3.05, 3.63) is 71.9 Å². The zero-order valence-corrected chi connectivity index (χ0v) is 17.0. The molecule has 0 aliphatic rings. The second-order valence-corrected chi connectivity index (χ2v) is 7.60. The van der Waals surface area contributed by atoms with Gasteiger partial charge in [0.15, 0.2) is 0 Å². The summed E-state index contributed by atoms with van der Waals surface area (Å²) in [6, 6.07) is 20.8. The van der Waals surface area contributed by atoms with Crippen molar-refractivity contribution in [1.29, 1.82) is 10.5 Å². The maximum absolute atomic E-state index is 12.5. The average molecular weight is 424 g/mol. The van der Waals surface area contributed by atoms with E-state index in [0.717, 1.165) is 22.7 Å². The van der Waals surface area contributed by atoms with Crippen molar-refractivity contribution in [3.8, 4) is 23.3 Å². The molecule has 0 bridgehead atoms. The number of nitrogen functional groups attached to an aromatic ring is 1. The maximum Gasteiger partial charge on any atom is 0.234 e. The largest absolute Gasteiger partial charge is 0.383 e. The number of rotatable bonds is 5. The quantitative estimate of drug-likeness (QED) is 0.410. The van der Waals surface area contributed by atoms with Crippen LogP contribution in [0.4, 0.5) is 11.5 Å². The molecule has 0 saturated heterocycles. The molecule has 0 radical (unpaired) electrons. The molecule has 0 aliphatic heterocycles. The van der Waals surface area contributed by atoms with Gasteiger partial charge in [0.05, 0.1) is 11.3 Å². The number of benzene rings is 2. The molecular formula is C23H16N6OS. The first kappa shape index (κ1) is 20.0. The fraction of sp³-hybridized carbons (Fsp3) is 0.0435. The Kier molecular flexibility index (Phi) is 5.57. The number of nitriles is 2. The second kappa shape index (κ2) is 8.62. The zero-order chi connectivity index (χ0) is 21.8. The normalized spacial score (nSPS) is 10.4. The SMILES string of the molecule is N#Cc1c(N)nc(SCC(=O)Nc2ccc3cc[nH]c3c2)c(C#N)c1-c1ccccc1. The lowest BCUT2D eigenvalue weighted by atomic mass is 9.97. The number of carbonyl (C=O) groups is 1. The third-order valence-electron chi connectivity index (χ3n) is 4.66. The number of pyridine rings is 1. The summed E-state index contributed by atoms with van der Waals surface area (Å²) in [5, 5.41) is 23.6. The number of aromatic amines is 1.